The summed E-state index contributed by atoms with van der Waals surface area (Å²) < 4.78 is 8.14. The van der Waals surface area contributed by atoms with E-state index < -0.39 is 0 Å². The van der Waals surface area contributed by atoms with Gasteiger partial charge in [-0.25, -0.2) is 11.7 Å². The molecule has 0 amide bonds. The predicted octanol–water partition coefficient (Wildman–Crippen LogP) is 2.74. The molecule has 9 N–H and O–H groups in total. The van der Waals surface area contributed by atoms with Crippen molar-refractivity contribution in [3.8, 4) is 0 Å². The zero-order valence-electron chi connectivity index (χ0n) is 21.8. The molecule has 1 aliphatic rings. The molecule has 2 aromatic heterocycles. The van der Waals surface area contributed by atoms with Gasteiger partial charge in [0.15, 0.2) is 5.84 Å². The van der Waals surface area contributed by atoms with Crippen molar-refractivity contribution >= 4 is 33.5 Å². The van der Waals surface area contributed by atoms with E-state index in [1.165, 1.54) is 10.6 Å². The molecule has 38 heavy (non-hydrogen) atoms. The lowest BCUT2D eigenvalue weighted by atomic mass is 9.86. The van der Waals surface area contributed by atoms with Crippen LogP contribution in [0.25, 0.3) is 27.6 Å². The van der Waals surface area contributed by atoms with Crippen LogP contribution in [0, 0.1) is 5.92 Å². The summed E-state index contributed by atoms with van der Waals surface area (Å²) in [4.78, 5) is 4.94. The molecule has 0 spiro atoms. The molecule has 0 saturated carbocycles. The Hall–Kier alpha value is -4.12. The minimum Gasteiger partial charge on any atom is -0.401 e. The van der Waals surface area contributed by atoms with Crippen molar-refractivity contribution in [3.05, 3.63) is 83.2 Å². The highest BCUT2D eigenvalue weighted by molar-refractivity contribution is 6.09. The van der Waals surface area contributed by atoms with Crippen molar-refractivity contribution in [2.75, 3.05) is 20.3 Å². The number of amidine groups is 1. The number of hydrazone groups is 1. The topological polar surface area (TPSA) is 159 Å². The highest BCUT2D eigenvalue weighted by atomic mass is 16.5. The Balaban J connectivity index is 1.87. The van der Waals surface area contributed by atoms with Crippen molar-refractivity contribution in [2.45, 2.75) is 25.8 Å². The van der Waals surface area contributed by atoms with Gasteiger partial charge < -0.3 is 31.3 Å². The number of hydrogen-bond acceptors (Lipinski definition) is 8. The molecule has 1 aliphatic heterocycles. The second kappa shape index (κ2) is 10.7. The Morgan fingerprint density at radius 1 is 1.11 bits per heavy atom. The summed E-state index contributed by atoms with van der Waals surface area (Å²) in [5.74, 6) is 18.3. The van der Waals surface area contributed by atoms with Gasteiger partial charge in [-0.2, -0.15) is 5.10 Å². The van der Waals surface area contributed by atoms with E-state index in [0.29, 0.717) is 17.5 Å². The van der Waals surface area contributed by atoms with Gasteiger partial charge in [-0.15, -0.1) is 0 Å². The van der Waals surface area contributed by atoms with Crippen LogP contribution in [-0.4, -0.2) is 40.7 Å². The quantitative estimate of drug-likeness (QED) is 0.114. The van der Waals surface area contributed by atoms with Gasteiger partial charge in [0.25, 0.3) is 0 Å². The number of aromatic nitrogens is 2. The van der Waals surface area contributed by atoms with Crippen LogP contribution in [-0.2, 0) is 4.74 Å². The molecule has 1 saturated heterocycles. The number of hydrazine groups is 2. The van der Waals surface area contributed by atoms with Crippen LogP contribution in [0.5, 0.6) is 0 Å². The van der Waals surface area contributed by atoms with Crippen molar-refractivity contribution in [1.82, 2.24) is 20.0 Å². The first-order valence-electron chi connectivity index (χ1n) is 12.7. The van der Waals surface area contributed by atoms with E-state index in [-0.39, 0.29) is 6.04 Å². The number of hydrogen-bond donors (Lipinski definition) is 5. The van der Waals surface area contributed by atoms with Crippen LogP contribution in [0.15, 0.2) is 71.6 Å². The molecule has 5 rings (SSSR count). The molecule has 10 heteroatoms. The fraction of sp³-hybridized carbons (Fsp3) is 0.286. The number of nitrogens with two attached hydrogens (primary N) is 4. The number of benzene rings is 2. The second-order valence-electron chi connectivity index (χ2n) is 9.76. The van der Waals surface area contributed by atoms with Crippen LogP contribution in [0.3, 0.4) is 0 Å². The smallest absolute Gasteiger partial charge is 0.166 e. The number of rotatable bonds is 6. The average molecular weight is 514 g/mol. The molecule has 0 unspecified atom stereocenters. The fourth-order valence-electron chi connectivity index (χ4n) is 5.70. The molecule has 0 radical (unpaired) electrons. The SMILES string of the molecule is C/C(N)=C(\c1cnc2c3ccc(/C(=N/N)NN)cc3n([C@H](c3ccccc3)C3CCOCC3)c2c1)N(C)N. The second-order valence-corrected chi connectivity index (χ2v) is 9.76. The standard InChI is InChI=1S/C28H35N9O/c1-17(29)26(36(2)32)21-15-24-25(33-16-21)22-9-8-20(28(34-30)35-31)14-23(22)37(24)27(18-6-4-3-5-7-18)19-10-12-38-13-11-19/h3-9,14-16,19,27H,10-13,29-32H2,1-2H3,(H,34,35)/b26-17-/t27-/m1/s1. The zero-order chi connectivity index (χ0) is 26.8. The normalized spacial score (nSPS) is 16.5. The molecule has 0 aliphatic carbocycles. The Morgan fingerprint density at radius 2 is 1.82 bits per heavy atom. The van der Waals surface area contributed by atoms with E-state index in [1.807, 2.05) is 31.3 Å². The number of nitrogens with zero attached hydrogens (tertiary/aromatic N) is 4. The molecule has 2 aromatic carbocycles. The first kappa shape index (κ1) is 25.5. The van der Waals surface area contributed by atoms with E-state index in [9.17, 15) is 0 Å². The fourth-order valence-corrected chi connectivity index (χ4v) is 5.70. The summed E-state index contributed by atoms with van der Waals surface area (Å²) in [6, 6.07) is 18.8. The molecule has 10 nitrogen and oxygen atoms in total. The molecular weight excluding hydrogens is 478 g/mol. The van der Waals surface area contributed by atoms with E-state index in [4.69, 9.17) is 33.0 Å². The molecule has 4 aromatic rings. The molecule has 0 bridgehead atoms. The van der Waals surface area contributed by atoms with Crippen LogP contribution in [0.2, 0.25) is 0 Å². The third kappa shape index (κ3) is 4.53. The van der Waals surface area contributed by atoms with Crippen molar-refractivity contribution in [2.24, 2.45) is 34.3 Å². The van der Waals surface area contributed by atoms with Gasteiger partial charge in [0.1, 0.15) is 0 Å². The average Bonchev–Trinajstić information content (AvgIpc) is 3.23. The number of nitrogens with one attached hydrogen (secondary N) is 1. The maximum absolute atomic E-state index is 6.24. The minimum atomic E-state index is 0.0403. The van der Waals surface area contributed by atoms with Crippen LogP contribution < -0.4 is 28.7 Å². The van der Waals surface area contributed by atoms with Crippen LogP contribution >= 0.6 is 0 Å². The third-order valence-corrected chi connectivity index (χ3v) is 7.31. The van der Waals surface area contributed by atoms with Crippen LogP contribution in [0.1, 0.15) is 42.5 Å². The Kier molecular flexibility index (Phi) is 7.19. The maximum atomic E-state index is 6.24. The Labute approximate surface area is 221 Å². The maximum Gasteiger partial charge on any atom is 0.166 e. The van der Waals surface area contributed by atoms with Crippen LogP contribution in [0.4, 0.5) is 0 Å². The lowest BCUT2D eigenvalue weighted by Crippen LogP contribution is -2.32. The monoisotopic (exact) mass is 513 g/mol. The lowest BCUT2D eigenvalue weighted by molar-refractivity contribution is 0.0553. The summed E-state index contributed by atoms with van der Waals surface area (Å²) in [7, 11) is 1.78. The van der Waals surface area contributed by atoms with Gasteiger partial charge in [0, 0.05) is 48.7 Å². The summed E-state index contributed by atoms with van der Waals surface area (Å²) in [5, 5.41) is 6.39. The largest absolute Gasteiger partial charge is 0.401 e. The Morgan fingerprint density at radius 3 is 2.45 bits per heavy atom. The van der Waals surface area contributed by atoms with E-state index in [1.54, 1.807) is 7.05 Å². The molecule has 3 heterocycles. The number of allylic oxidation sites excluding steroid dienone is 1. The predicted molar refractivity (Wildman–Crippen MR) is 152 cm³/mol. The summed E-state index contributed by atoms with van der Waals surface area (Å²) in [5.41, 5.74) is 15.9. The molecular formula is C28H35N9O. The third-order valence-electron chi connectivity index (χ3n) is 7.31. The Bertz CT molecular complexity index is 1500. The van der Waals surface area contributed by atoms with Crippen molar-refractivity contribution < 1.29 is 4.74 Å². The molecule has 198 valence electrons. The lowest BCUT2D eigenvalue weighted by Gasteiger charge is -2.33. The van der Waals surface area contributed by atoms with Gasteiger partial charge in [-0.3, -0.25) is 4.98 Å². The minimum absolute atomic E-state index is 0.0403. The summed E-state index contributed by atoms with van der Waals surface area (Å²) in [6.07, 6.45) is 3.73. The van der Waals surface area contributed by atoms with Crippen molar-refractivity contribution in [1.29, 1.82) is 0 Å². The summed E-state index contributed by atoms with van der Waals surface area (Å²) >= 11 is 0. The molecule has 1 atom stereocenters. The zero-order valence-corrected chi connectivity index (χ0v) is 21.8. The molecule has 1 fully saturated rings. The van der Waals surface area contributed by atoms with Gasteiger partial charge in [-0.1, -0.05) is 36.4 Å². The number of pyridine rings is 1. The van der Waals surface area contributed by atoms with Gasteiger partial charge in [-0.05, 0) is 49.4 Å². The van der Waals surface area contributed by atoms with E-state index in [0.717, 1.165) is 64.8 Å². The van der Waals surface area contributed by atoms with Gasteiger partial charge in [0.2, 0.25) is 0 Å². The van der Waals surface area contributed by atoms with Gasteiger partial charge in [0.05, 0.1) is 28.3 Å². The first-order chi connectivity index (χ1) is 18.4. The highest BCUT2D eigenvalue weighted by Crippen LogP contribution is 2.41. The first-order valence-corrected chi connectivity index (χ1v) is 12.7. The van der Waals surface area contributed by atoms with E-state index in [2.05, 4.69) is 51.5 Å². The van der Waals surface area contributed by atoms with Gasteiger partial charge >= 0.3 is 0 Å². The highest BCUT2D eigenvalue weighted by Gasteiger charge is 2.30. The number of fused-ring (bicyclic) bond motifs is 3. The number of ether oxygens (including phenoxy) is 1. The summed E-state index contributed by atoms with van der Waals surface area (Å²) in [6.45, 7) is 3.31. The van der Waals surface area contributed by atoms with E-state index >= 15 is 0 Å². The van der Waals surface area contributed by atoms with Crippen molar-refractivity contribution in [3.63, 3.8) is 0 Å².